The number of methoxy groups -OCH3 is 2. The fourth-order valence-electron chi connectivity index (χ4n) is 1.75. The number of hydrogen-bond acceptors (Lipinski definition) is 2. The summed E-state index contributed by atoms with van der Waals surface area (Å²) in [6, 6.07) is 9.83. The molecule has 0 aliphatic carbocycles. The maximum atomic E-state index is 13.0. The highest BCUT2D eigenvalue weighted by Gasteiger charge is 2.01. The summed E-state index contributed by atoms with van der Waals surface area (Å²) in [5.74, 6) is 1.05. The molecule has 0 saturated heterocycles. The van der Waals surface area contributed by atoms with Crippen LogP contribution in [0.3, 0.4) is 0 Å². The third-order valence-electron chi connectivity index (χ3n) is 2.79. The summed E-state index contributed by atoms with van der Waals surface area (Å²) < 4.78 is 23.4. The Bertz CT molecular complexity index is 616. The van der Waals surface area contributed by atoms with Gasteiger partial charge in [-0.05, 0) is 35.4 Å². The Morgan fingerprint density at radius 2 is 1.60 bits per heavy atom. The van der Waals surface area contributed by atoms with Gasteiger partial charge in [-0.15, -0.1) is 0 Å². The average Bonchev–Trinajstić information content (AvgIpc) is 2.46. The second-order valence-corrected chi connectivity index (χ2v) is 4.55. The zero-order valence-corrected chi connectivity index (χ0v) is 11.9. The number of hydrogen-bond donors (Lipinski definition) is 0. The largest absolute Gasteiger partial charge is 0.497 e. The van der Waals surface area contributed by atoms with Gasteiger partial charge in [-0.3, -0.25) is 0 Å². The van der Waals surface area contributed by atoms with E-state index in [2.05, 4.69) is 0 Å². The molecule has 0 N–H and O–H groups in total. The van der Waals surface area contributed by atoms with Crippen LogP contribution >= 0.6 is 11.6 Å². The molecule has 0 heterocycles. The van der Waals surface area contributed by atoms with Crippen molar-refractivity contribution in [2.75, 3.05) is 14.2 Å². The van der Waals surface area contributed by atoms with Gasteiger partial charge >= 0.3 is 0 Å². The van der Waals surface area contributed by atoms with Gasteiger partial charge < -0.3 is 9.47 Å². The Balaban J connectivity index is 2.30. The standard InChI is InChI=1S/C16H14ClFO2/c1-19-14-7-11(8-15(10-14)20-2)3-4-12-5-6-13(18)9-16(12)17/h3-10H,1-2H3/b4-3+. The molecule has 0 amide bonds. The molecule has 2 nitrogen and oxygen atoms in total. The third-order valence-corrected chi connectivity index (χ3v) is 3.12. The molecule has 104 valence electrons. The van der Waals surface area contributed by atoms with E-state index in [4.69, 9.17) is 21.1 Å². The van der Waals surface area contributed by atoms with E-state index in [1.807, 2.05) is 24.3 Å². The Hall–Kier alpha value is -2.00. The van der Waals surface area contributed by atoms with Crippen molar-refractivity contribution in [1.29, 1.82) is 0 Å². The van der Waals surface area contributed by atoms with Crippen LogP contribution in [-0.4, -0.2) is 14.2 Å². The topological polar surface area (TPSA) is 18.5 Å². The van der Waals surface area contributed by atoms with E-state index in [9.17, 15) is 4.39 Å². The molecule has 0 aromatic heterocycles. The van der Waals surface area contributed by atoms with Crippen LogP contribution in [0, 0.1) is 5.82 Å². The van der Waals surface area contributed by atoms with Crippen LogP contribution in [0.5, 0.6) is 11.5 Å². The SMILES string of the molecule is COc1cc(/C=C/c2ccc(F)cc2Cl)cc(OC)c1. The second kappa shape index (κ2) is 6.44. The van der Waals surface area contributed by atoms with Crippen molar-refractivity contribution in [3.63, 3.8) is 0 Å². The van der Waals surface area contributed by atoms with Crippen LogP contribution in [0.15, 0.2) is 36.4 Å². The molecule has 0 fully saturated rings. The van der Waals surface area contributed by atoms with Gasteiger partial charge in [0.2, 0.25) is 0 Å². The van der Waals surface area contributed by atoms with Gasteiger partial charge in [-0.25, -0.2) is 4.39 Å². The summed E-state index contributed by atoms with van der Waals surface area (Å²) in [5, 5.41) is 0.371. The number of benzene rings is 2. The van der Waals surface area contributed by atoms with E-state index >= 15 is 0 Å². The Kier molecular flexibility index (Phi) is 4.64. The maximum Gasteiger partial charge on any atom is 0.124 e. The van der Waals surface area contributed by atoms with Crippen LogP contribution in [0.2, 0.25) is 5.02 Å². The summed E-state index contributed by atoms with van der Waals surface area (Å²) in [6.45, 7) is 0. The van der Waals surface area contributed by atoms with Gasteiger partial charge in [0.05, 0.1) is 19.2 Å². The van der Waals surface area contributed by atoms with Gasteiger partial charge in [0.15, 0.2) is 0 Å². The van der Waals surface area contributed by atoms with Crippen LogP contribution in [0.4, 0.5) is 4.39 Å². The Morgan fingerprint density at radius 1 is 0.950 bits per heavy atom. The first-order valence-electron chi connectivity index (χ1n) is 5.98. The summed E-state index contributed by atoms with van der Waals surface area (Å²) in [4.78, 5) is 0. The van der Waals surface area contributed by atoms with E-state index in [-0.39, 0.29) is 5.82 Å². The van der Waals surface area contributed by atoms with Gasteiger partial charge in [0.1, 0.15) is 17.3 Å². The lowest BCUT2D eigenvalue weighted by Crippen LogP contribution is -1.88. The van der Waals surface area contributed by atoms with Gasteiger partial charge in [0, 0.05) is 6.07 Å². The molecular formula is C16H14ClFO2. The molecule has 0 spiro atoms. The molecule has 20 heavy (non-hydrogen) atoms. The van der Waals surface area contributed by atoms with E-state index in [0.29, 0.717) is 16.5 Å². The fourth-order valence-corrected chi connectivity index (χ4v) is 1.98. The first-order valence-corrected chi connectivity index (χ1v) is 6.36. The third kappa shape index (κ3) is 3.52. The van der Waals surface area contributed by atoms with Crippen molar-refractivity contribution in [3.8, 4) is 11.5 Å². The molecule has 2 aromatic rings. The predicted octanol–water partition coefficient (Wildman–Crippen LogP) is 4.67. The van der Waals surface area contributed by atoms with Crippen molar-refractivity contribution < 1.29 is 13.9 Å². The monoisotopic (exact) mass is 292 g/mol. The van der Waals surface area contributed by atoms with Crippen molar-refractivity contribution in [3.05, 3.63) is 58.4 Å². The molecule has 0 bridgehead atoms. The zero-order chi connectivity index (χ0) is 14.5. The summed E-state index contributed by atoms with van der Waals surface area (Å²) in [7, 11) is 3.19. The Labute approximate surface area is 122 Å². The lowest BCUT2D eigenvalue weighted by molar-refractivity contribution is 0.394. The molecule has 2 aromatic carbocycles. The maximum absolute atomic E-state index is 13.0. The summed E-state index contributed by atoms with van der Waals surface area (Å²) in [6.07, 6.45) is 3.68. The zero-order valence-electron chi connectivity index (χ0n) is 11.2. The lowest BCUT2D eigenvalue weighted by Gasteiger charge is -2.06. The van der Waals surface area contributed by atoms with Gasteiger partial charge in [0.25, 0.3) is 0 Å². The molecule has 4 heteroatoms. The van der Waals surface area contributed by atoms with Crippen molar-refractivity contribution >= 4 is 23.8 Å². The highest BCUT2D eigenvalue weighted by molar-refractivity contribution is 6.32. The number of rotatable bonds is 4. The molecule has 0 aliphatic heterocycles. The molecule has 0 radical (unpaired) electrons. The molecule has 0 unspecified atom stereocenters. The average molecular weight is 293 g/mol. The molecule has 0 saturated carbocycles. The normalized spacial score (nSPS) is 10.8. The van der Waals surface area contributed by atoms with Crippen molar-refractivity contribution in [2.45, 2.75) is 0 Å². The highest BCUT2D eigenvalue weighted by atomic mass is 35.5. The molecule has 0 atom stereocenters. The van der Waals surface area contributed by atoms with E-state index in [1.165, 1.54) is 12.1 Å². The van der Waals surface area contributed by atoms with E-state index < -0.39 is 0 Å². The minimum Gasteiger partial charge on any atom is -0.497 e. The first kappa shape index (κ1) is 14.4. The summed E-state index contributed by atoms with van der Waals surface area (Å²) in [5.41, 5.74) is 1.65. The van der Waals surface area contributed by atoms with Crippen LogP contribution in [0.1, 0.15) is 11.1 Å². The van der Waals surface area contributed by atoms with Gasteiger partial charge in [-0.2, -0.15) is 0 Å². The van der Waals surface area contributed by atoms with Crippen LogP contribution in [-0.2, 0) is 0 Å². The van der Waals surface area contributed by atoms with Crippen LogP contribution < -0.4 is 9.47 Å². The first-order chi connectivity index (χ1) is 9.62. The minimum atomic E-state index is -0.352. The highest BCUT2D eigenvalue weighted by Crippen LogP contribution is 2.25. The van der Waals surface area contributed by atoms with Crippen LogP contribution in [0.25, 0.3) is 12.2 Å². The molecular weight excluding hydrogens is 279 g/mol. The number of ether oxygens (including phenoxy) is 2. The van der Waals surface area contributed by atoms with E-state index in [1.54, 1.807) is 26.4 Å². The van der Waals surface area contributed by atoms with E-state index in [0.717, 1.165) is 11.1 Å². The quantitative estimate of drug-likeness (QED) is 0.763. The molecule has 0 aliphatic rings. The summed E-state index contributed by atoms with van der Waals surface area (Å²) >= 11 is 5.97. The van der Waals surface area contributed by atoms with Crippen molar-refractivity contribution in [1.82, 2.24) is 0 Å². The lowest BCUT2D eigenvalue weighted by atomic mass is 10.1. The molecule has 2 rings (SSSR count). The number of halogens is 2. The van der Waals surface area contributed by atoms with Crippen molar-refractivity contribution in [2.24, 2.45) is 0 Å². The fraction of sp³-hybridized carbons (Fsp3) is 0.125. The predicted molar refractivity (Wildman–Crippen MR) is 79.9 cm³/mol. The Morgan fingerprint density at radius 3 is 2.15 bits per heavy atom. The smallest absolute Gasteiger partial charge is 0.124 e. The second-order valence-electron chi connectivity index (χ2n) is 4.15. The van der Waals surface area contributed by atoms with Gasteiger partial charge in [-0.1, -0.05) is 29.8 Å². The minimum absolute atomic E-state index is 0.352.